The van der Waals surface area contributed by atoms with Crippen molar-refractivity contribution in [3.63, 3.8) is 0 Å². The maximum Gasteiger partial charge on any atom is 0.317 e. The minimum atomic E-state index is -0.837. The highest BCUT2D eigenvalue weighted by molar-refractivity contribution is 5.74. The van der Waals surface area contributed by atoms with E-state index in [1.54, 1.807) is 11.8 Å². The number of carbonyl (C=O) groups excluding carboxylic acids is 1. The van der Waals surface area contributed by atoms with Gasteiger partial charge < -0.3 is 15.3 Å². The molecule has 2 N–H and O–H groups in total. The fraction of sp³-hybridized carbons (Fsp3) is 0.467. The van der Waals surface area contributed by atoms with Crippen LogP contribution in [0.4, 0.5) is 4.79 Å². The maximum atomic E-state index is 12.0. The molecule has 5 heteroatoms. The molecular weight excluding hydrogens is 256 g/mol. The molecule has 20 heavy (non-hydrogen) atoms. The van der Waals surface area contributed by atoms with Gasteiger partial charge in [-0.05, 0) is 18.9 Å². The largest absolute Gasteiger partial charge is 0.481 e. The van der Waals surface area contributed by atoms with Gasteiger partial charge >= 0.3 is 12.0 Å². The first-order chi connectivity index (χ1) is 9.54. The summed E-state index contributed by atoms with van der Waals surface area (Å²) in [6.45, 7) is 5.09. The standard InChI is InChI=1S/C15H22N2O3/c1-3-17(11-13-7-5-4-6-8-13)15(20)16-10-9-12(2)14(18)19/h4-8,12H,3,9-11H2,1-2H3,(H,16,20)(H,18,19). The number of carbonyl (C=O) groups is 2. The average Bonchev–Trinajstić information content (AvgIpc) is 2.45. The van der Waals surface area contributed by atoms with Crippen LogP contribution in [-0.4, -0.2) is 35.1 Å². The Morgan fingerprint density at radius 1 is 1.30 bits per heavy atom. The van der Waals surface area contributed by atoms with Crippen LogP contribution in [0.5, 0.6) is 0 Å². The molecule has 110 valence electrons. The number of nitrogens with one attached hydrogen (secondary N) is 1. The van der Waals surface area contributed by atoms with Gasteiger partial charge in [-0.3, -0.25) is 4.79 Å². The van der Waals surface area contributed by atoms with Crippen molar-refractivity contribution in [3.05, 3.63) is 35.9 Å². The molecule has 1 aromatic carbocycles. The lowest BCUT2D eigenvalue weighted by atomic mass is 10.1. The molecule has 0 radical (unpaired) electrons. The lowest BCUT2D eigenvalue weighted by Crippen LogP contribution is -2.40. The number of rotatable bonds is 7. The summed E-state index contributed by atoms with van der Waals surface area (Å²) < 4.78 is 0. The Hall–Kier alpha value is -2.04. The van der Waals surface area contributed by atoms with Crippen LogP contribution in [0.2, 0.25) is 0 Å². The van der Waals surface area contributed by atoms with E-state index in [1.807, 2.05) is 37.3 Å². The Kier molecular flexibility index (Phi) is 6.56. The smallest absolute Gasteiger partial charge is 0.317 e. The number of carboxylic acids is 1. The summed E-state index contributed by atoms with van der Waals surface area (Å²) >= 11 is 0. The topological polar surface area (TPSA) is 69.6 Å². The second kappa shape index (κ2) is 8.19. The van der Waals surface area contributed by atoms with Crippen LogP contribution in [0, 0.1) is 5.92 Å². The summed E-state index contributed by atoms with van der Waals surface area (Å²) in [6, 6.07) is 9.61. The van der Waals surface area contributed by atoms with E-state index in [-0.39, 0.29) is 6.03 Å². The van der Waals surface area contributed by atoms with E-state index < -0.39 is 11.9 Å². The van der Waals surface area contributed by atoms with Crippen LogP contribution in [0.3, 0.4) is 0 Å². The van der Waals surface area contributed by atoms with Gasteiger partial charge in [0.15, 0.2) is 0 Å². The number of nitrogens with zero attached hydrogens (tertiary/aromatic N) is 1. The van der Waals surface area contributed by atoms with Crippen molar-refractivity contribution < 1.29 is 14.7 Å². The summed E-state index contributed by atoms with van der Waals surface area (Å²) in [5.74, 6) is -1.28. The zero-order valence-electron chi connectivity index (χ0n) is 12.0. The summed E-state index contributed by atoms with van der Waals surface area (Å²) in [6.07, 6.45) is 0.434. The molecule has 0 saturated heterocycles. The van der Waals surface area contributed by atoms with Gasteiger partial charge in [0, 0.05) is 19.6 Å². The van der Waals surface area contributed by atoms with E-state index in [4.69, 9.17) is 5.11 Å². The van der Waals surface area contributed by atoms with Crippen LogP contribution in [0.25, 0.3) is 0 Å². The highest BCUT2D eigenvalue weighted by Gasteiger charge is 2.14. The third-order valence-corrected chi connectivity index (χ3v) is 3.16. The fourth-order valence-electron chi connectivity index (χ4n) is 1.76. The molecule has 0 aliphatic rings. The molecule has 1 rings (SSSR count). The summed E-state index contributed by atoms with van der Waals surface area (Å²) in [7, 11) is 0. The van der Waals surface area contributed by atoms with Crippen LogP contribution >= 0.6 is 0 Å². The molecule has 2 amide bonds. The van der Waals surface area contributed by atoms with Crippen LogP contribution in [-0.2, 0) is 11.3 Å². The van der Waals surface area contributed by atoms with Gasteiger partial charge in [0.05, 0.1) is 5.92 Å². The van der Waals surface area contributed by atoms with E-state index in [2.05, 4.69) is 5.32 Å². The number of urea groups is 1. The van der Waals surface area contributed by atoms with Crippen LogP contribution in [0.15, 0.2) is 30.3 Å². The normalized spacial score (nSPS) is 11.7. The predicted molar refractivity (Wildman–Crippen MR) is 77.3 cm³/mol. The second-order valence-corrected chi connectivity index (χ2v) is 4.76. The third-order valence-electron chi connectivity index (χ3n) is 3.16. The SMILES string of the molecule is CCN(Cc1ccccc1)C(=O)NCCC(C)C(=O)O. The first-order valence-corrected chi connectivity index (χ1v) is 6.84. The van der Waals surface area contributed by atoms with Gasteiger partial charge in [-0.15, -0.1) is 0 Å². The lowest BCUT2D eigenvalue weighted by molar-refractivity contribution is -0.141. The molecule has 1 aromatic rings. The number of carboxylic acid groups (broad SMARTS) is 1. The molecular formula is C15H22N2O3. The number of amides is 2. The molecule has 5 nitrogen and oxygen atoms in total. The molecule has 0 heterocycles. The van der Waals surface area contributed by atoms with Crippen LogP contribution < -0.4 is 5.32 Å². The van der Waals surface area contributed by atoms with Crippen molar-refractivity contribution in [2.75, 3.05) is 13.1 Å². The molecule has 1 atom stereocenters. The van der Waals surface area contributed by atoms with Crippen molar-refractivity contribution in [2.24, 2.45) is 5.92 Å². The molecule has 0 aliphatic carbocycles. The van der Waals surface area contributed by atoms with Crippen molar-refractivity contribution >= 4 is 12.0 Å². The van der Waals surface area contributed by atoms with Gasteiger partial charge in [0.1, 0.15) is 0 Å². The van der Waals surface area contributed by atoms with Crippen molar-refractivity contribution in [1.82, 2.24) is 10.2 Å². The Bertz CT molecular complexity index is 434. The lowest BCUT2D eigenvalue weighted by Gasteiger charge is -2.21. The number of benzene rings is 1. The molecule has 0 aliphatic heterocycles. The Morgan fingerprint density at radius 3 is 2.50 bits per heavy atom. The quantitative estimate of drug-likeness (QED) is 0.804. The molecule has 0 fully saturated rings. The highest BCUT2D eigenvalue weighted by Crippen LogP contribution is 2.05. The zero-order chi connectivity index (χ0) is 15.0. The summed E-state index contributed by atoms with van der Waals surface area (Å²) in [5.41, 5.74) is 1.07. The molecule has 0 aromatic heterocycles. The number of hydrogen-bond donors (Lipinski definition) is 2. The van der Waals surface area contributed by atoms with E-state index in [0.29, 0.717) is 26.1 Å². The monoisotopic (exact) mass is 278 g/mol. The number of hydrogen-bond acceptors (Lipinski definition) is 2. The zero-order valence-corrected chi connectivity index (χ0v) is 12.0. The van der Waals surface area contributed by atoms with Gasteiger partial charge in [0.2, 0.25) is 0 Å². The minimum Gasteiger partial charge on any atom is -0.481 e. The van der Waals surface area contributed by atoms with Crippen molar-refractivity contribution in [1.29, 1.82) is 0 Å². The summed E-state index contributed by atoms with van der Waals surface area (Å²) in [4.78, 5) is 24.4. The highest BCUT2D eigenvalue weighted by atomic mass is 16.4. The average molecular weight is 278 g/mol. The Morgan fingerprint density at radius 2 is 1.95 bits per heavy atom. The summed E-state index contributed by atoms with van der Waals surface area (Å²) in [5, 5.41) is 11.5. The van der Waals surface area contributed by atoms with Gasteiger partial charge in [-0.1, -0.05) is 37.3 Å². The molecule has 0 saturated carbocycles. The Balaban J connectivity index is 2.41. The van der Waals surface area contributed by atoms with Crippen molar-refractivity contribution in [2.45, 2.75) is 26.8 Å². The molecule has 0 bridgehead atoms. The molecule has 0 spiro atoms. The third kappa shape index (κ3) is 5.30. The van der Waals surface area contributed by atoms with Gasteiger partial charge in [0.25, 0.3) is 0 Å². The first kappa shape index (κ1) is 16.0. The van der Waals surface area contributed by atoms with E-state index in [0.717, 1.165) is 5.56 Å². The maximum absolute atomic E-state index is 12.0. The van der Waals surface area contributed by atoms with E-state index in [9.17, 15) is 9.59 Å². The second-order valence-electron chi connectivity index (χ2n) is 4.76. The van der Waals surface area contributed by atoms with Crippen molar-refractivity contribution in [3.8, 4) is 0 Å². The van der Waals surface area contributed by atoms with Gasteiger partial charge in [-0.25, -0.2) is 4.79 Å². The van der Waals surface area contributed by atoms with Gasteiger partial charge in [-0.2, -0.15) is 0 Å². The minimum absolute atomic E-state index is 0.158. The predicted octanol–water partition coefficient (Wildman–Crippen LogP) is 2.33. The van der Waals surface area contributed by atoms with Crippen LogP contribution in [0.1, 0.15) is 25.8 Å². The van der Waals surface area contributed by atoms with E-state index >= 15 is 0 Å². The first-order valence-electron chi connectivity index (χ1n) is 6.84. The van der Waals surface area contributed by atoms with E-state index in [1.165, 1.54) is 0 Å². The molecule has 1 unspecified atom stereocenters. The fourth-order valence-corrected chi connectivity index (χ4v) is 1.76. The Labute approximate surface area is 119 Å². The number of aliphatic carboxylic acids is 1.